The van der Waals surface area contributed by atoms with E-state index in [2.05, 4.69) is 18.5 Å². The summed E-state index contributed by atoms with van der Waals surface area (Å²) < 4.78 is 0. The zero-order valence-corrected chi connectivity index (χ0v) is 19.3. The van der Waals surface area contributed by atoms with Crippen LogP contribution in [0.15, 0.2) is 55.6 Å². The maximum Gasteiger partial charge on any atom is 0.245 e. The monoisotopic (exact) mass is 441 g/mol. The van der Waals surface area contributed by atoms with Crippen molar-refractivity contribution in [3.63, 3.8) is 0 Å². The van der Waals surface area contributed by atoms with Gasteiger partial charge in [-0.15, -0.1) is 13.2 Å². The van der Waals surface area contributed by atoms with Crippen molar-refractivity contribution in [2.45, 2.75) is 50.7 Å². The minimum absolute atomic E-state index is 0.250. The molecule has 2 amide bonds. The second-order valence-electron chi connectivity index (χ2n) is 7.83. The predicted octanol–water partition coefficient (Wildman–Crippen LogP) is 1.84. The molecule has 3 atom stereocenters. The Bertz CT molecular complexity index is 728. The minimum atomic E-state index is -0.748. The summed E-state index contributed by atoms with van der Waals surface area (Å²) in [6.45, 7) is 10.7. The summed E-state index contributed by atoms with van der Waals surface area (Å²) >= 11 is 0. The van der Waals surface area contributed by atoms with Crippen LogP contribution in [0.5, 0.6) is 0 Å². The molecule has 0 heterocycles. The molecule has 0 spiro atoms. The quantitative estimate of drug-likeness (QED) is 0.301. The number of hydrogen-bond acceptors (Lipinski definition) is 5. The topological polar surface area (TPSA) is 95.7 Å². The molecule has 1 aromatic carbocycles. The van der Waals surface area contributed by atoms with Crippen LogP contribution in [0, 0.1) is 0 Å². The van der Waals surface area contributed by atoms with Crippen molar-refractivity contribution in [1.82, 2.24) is 15.1 Å². The van der Waals surface area contributed by atoms with Crippen molar-refractivity contribution in [3.8, 4) is 0 Å². The molecule has 0 unspecified atom stereocenters. The molecule has 0 aliphatic heterocycles. The van der Waals surface area contributed by atoms with Crippen molar-refractivity contribution in [2.75, 3.05) is 26.7 Å². The lowest BCUT2D eigenvalue weighted by atomic mass is 10.0. The van der Waals surface area contributed by atoms with Gasteiger partial charge in [-0.3, -0.25) is 19.3 Å². The fourth-order valence-corrected chi connectivity index (χ4v) is 3.42. The number of hydrogen-bond donors (Lipinski definition) is 2. The van der Waals surface area contributed by atoms with Crippen LogP contribution in [0.1, 0.15) is 31.7 Å². The van der Waals surface area contributed by atoms with Crippen LogP contribution < -0.4 is 11.1 Å². The predicted molar refractivity (Wildman–Crippen MR) is 129 cm³/mol. The molecule has 0 bridgehead atoms. The van der Waals surface area contributed by atoms with Gasteiger partial charge in [0.05, 0.1) is 12.1 Å². The van der Waals surface area contributed by atoms with Crippen molar-refractivity contribution in [2.24, 2.45) is 5.73 Å². The number of nitrogens with zero attached hydrogens (tertiary/aromatic N) is 2. The number of carbonyl (C=O) groups is 2. The minimum Gasteiger partial charge on any atom is -0.343 e. The molecule has 0 aliphatic carbocycles. The lowest BCUT2D eigenvalue weighted by molar-refractivity contribution is -0.137. The number of unbranched alkanes of at least 4 members (excludes halogenated alkanes) is 1. The average molecular weight is 442 g/mol. The molecule has 1 radical (unpaired) electrons. The molecular formula is C25H37N4O3. The highest BCUT2D eigenvalue weighted by Crippen LogP contribution is 2.13. The van der Waals surface area contributed by atoms with E-state index in [1.165, 1.54) is 4.90 Å². The zero-order valence-electron chi connectivity index (χ0n) is 19.3. The molecular weight excluding hydrogens is 404 g/mol. The van der Waals surface area contributed by atoms with E-state index in [1.54, 1.807) is 26.1 Å². The van der Waals surface area contributed by atoms with Crippen molar-refractivity contribution in [1.29, 1.82) is 0 Å². The Balaban J connectivity index is 3.14. The van der Waals surface area contributed by atoms with Gasteiger partial charge in [0.25, 0.3) is 0 Å². The maximum atomic E-state index is 13.5. The number of nitrogens with two attached hydrogens (primary N) is 1. The third kappa shape index (κ3) is 8.77. The van der Waals surface area contributed by atoms with Gasteiger partial charge in [0, 0.05) is 20.1 Å². The van der Waals surface area contributed by atoms with Gasteiger partial charge in [-0.2, -0.15) is 0 Å². The number of nitrogens with one attached hydrogen (secondary N) is 1. The van der Waals surface area contributed by atoms with Crippen LogP contribution in [0.4, 0.5) is 0 Å². The first-order chi connectivity index (χ1) is 15.4. The molecule has 0 saturated carbocycles. The lowest BCUT2D eigenvalue weighted by Crippen LogP contribution is -2.55. The van der Waals surface area contributed by atoms with E-state index in [0.29, 0.717) is 38.9 Å². The van der Waals surface area contributed by atoms with Crippen LogP contribution in [0.3, 0.4) is 0 Å². The van der Waals surface area contributed by atoms with Gasteiger partial charge in [0.1, 0.15) is 6.04 Å². The molecule has 0 saturated heterocycles. The van der Waals surface area contributed by atoms with Gasteiger partial charge < -0.3 is 16.0 Å². The summed E-state index contributed by atoms with van der Waals surface area (Å²) in [5, 5.41) is 2.94. The number of likely N-dealkylation sites (N-methyl/N-ethyl adjacent to an activating group) is 1. The lowest BCUT2D eigenvalue weighted by Gasteiger charge is -2.32. The Kier molecular flexibility index (Phi) is 12.9. The molecule has 0 aliphatic rings. The molecule has 0 aromatic heterocycles. The van der Waals surface area contributed by atoms with Crippen molar-refractivity contribution >= 4 is 18.1 Å². The van der Waals surface area contributed by atoms with Crippen LogP contribution in [-0.2, 0) is 20.8 Å². The Morgan fingerprint density at radius 2 is 1.78 bits per heavy atom. The highest BCUT2D eigenvalue weighted by molar-refractivity contribution is 5.91. The largest absolute Gasteiger partial charge is 0.343 e. The van der Waals surface area contributed by atoms with E-state index < -0.39 is 18.1 Å². The SMILES string of the molecule is C=CCN(CC=C)[C@@H](Cc1ccccc1)C(=O)N[C@@H](CCCCN)C(=O)N(C)[C@@H](C)[C]=O. The second kappa shape index (κ2) is 15.1. The Hall–Kier alpha value is -2.77. The molecule has 1 rings (SSSR count). The summed E-state index contributed by atoms with van der Waals surface area (Å²) in [6.07, 6.45) is 7.66. The molecule has 7 heteroatoms. The Morgan fingerprint density at radius 3 is 2.31 bits per heavy atom. The highest BCUT2D eigenvalue weighted by atomic mass is 16.2. The Morgan fingerprint density at radius 1 is 1.16 bits per heavy atom. The van der Waals surface area contributed by atoms with Crippen LogP contribution >= 0.6 is 0 Å². The van der Waals surface area contributed by atoms with E-state index in [4.69, 9.17) is 5.73 Å². The fraction of sp³-hybridized carbons (Fsp3) is 0.480. The molecule has 1 aromatic rings. The Labute approximate surface area is 192 Å². The second-order valence-corrected chi connectivity index (χ2v) is 7.83. The maximum absolute atomic E-state index is 13.5. The van der Waals surface area contributed by atoms with E-state index in [1.807, 2.05) is 41.5 Å². The van der Waals surface area contributed by atoms with Gasteiger partial charge in [-0.25, -0.2) is 0 Å². The van der Waals surface area contributed by atoms with Crippen molar-refractivity contribution in [3.05, 3.63) is 61.2 Å². The van der Waals surface area contributed by atoms with Crippen LogP contribution in [0.25, 0.3) is 0 Å². The molecule has 3 N–H and O–H groups in total. The zero-order chi connectivity index (χ0) is 23.9. The first-order valence-corrected chi connectivity index (χ1v) is 11.0. The first-order valence-electron chi connectivity index (χ1n) is 11.0. The van der Waals surface area contributed by atoms with Gasteiger partial charge >= 0.3 is 0 Å². The molecule has 7 nitrogen and oxygen atoms in total. The fourth-order valence-electron chi connectivity index (χ4n) is 3.42. The van der Waals surface area contributed by atoms with Crippen LogP contribution in [-0.4, -0.2) is 72.7 Å². The number of carbonyl (C=O) groups excluding carboxylic acids is 3. The summed E-state index contributed by atoms with van der Waals surface area (Å²) in [5.74, 6) is -0.566. The average Bonchev–Trinajstić information content (AvgIpc) is 2.81. The normalized spacial score (nSPS) is 13.6. The number of amides is 2. The third-order valence-corrected chi connectivity index (χ3v) is 5.40. The summed E-state index contributed by atoms with van der Waals surface area (Å²) in [6, 6.07) is 7.77. The number of benzene rings is 1. The van der Waals surface area contributed by atoms with Crippen molar-refractivity contribution < 1.29 is 14.4 Å². The van der Waals surface area contributed by atoms with E-state index in [0.717, 1.165) is 12.0 Å². The van der Waals surface area contributed by atoms with Gasteiger partial charge in [0.15, 0.2) is 0 Å². The van der Waals surface area contributed by atoms with Gasteiger partial charge in [0.2, 0.25) is 18.1 Å². The smallest absolute Gasteiger partial charge is 0.245 e. The van der Waals surface area contributed by atoms with E-state index in [9.17, 15) is 14.4 Å². The first kappa shape index (κ1) is 27.3. The van der Waals surface area contributed by atoms with E-state index >= 15 is 0 Å². The van der Waals surface area contributed by atoms with Gasteiger partial charge in [-0.1, -0.05) is 42.5 Å². The third-order valence-electron chi connectivity index (χ3n) is 5.40. The summed E-state index contributed by atoms with van der Waals surface area (Å²) in [7, 11) is 1.54. The molecule has 0 fully saturated rings. The highest BCUT2D eigenvalue weighted by Gasteiger charge is 2.31. The van der Waals surface area contributed by atoms with Crippen LogP contribution in [0.2, 0.25) is 0 Å². The summed E-state index contributed by atoms with van der Waals surface area (Å²) in [5.41, 5.74) is 6.61. The number of rotatable bonds is 16. The molecule has 175 valence electrons. The summed E-state index contributed by atoms with van der Waals surface area (Å²) in [4.78, 5) is 40.8. The standard InChI is InChI=1S/C25H37N4O3/c1-5-16-29(17-6-2)23(18-21-12-8-7-9-13-21)24(31)27-22(14-10-11-15-26)25(32)28(4)20(3)19-30/h5-9,12-13,20,22-23H,1-2,10-11,14-18,26H2,3-4H3,(H,27,31)/t20-,22-,23-/m0/s1. The van der Waals surface area contributed by atoms with E-state index in [-0.39, 0.29) is 11.8 Å². The molecule has 32 heavy (non-hydrogen) atoms. The van der Waals surface area contributed by atoms with Gasteiger partial charge in [-0.05, 0) is 44.7 Å².